The second-order valence-electron chi connectivity index (χ2n) is 5.39. The van der Waals surface area contributed by atoms with E-state index in [4.69, 9.17) is 0 Å². The van der Waals surface area contributed by atoms with Gasteiger partial charge < -0.3 is 32.1 Å². The number of nitrogens with one attached hydrogen (secondary N) is 3. The van der Waals surface area contributed by atoms with Crippen LogP contribution in [0.4, 0.5) is 0 Å². The Morgan fingerprint density at radius 3 is 0.806 bits per heavy atom. The molecule has 31 heavy (non-hydrogen) atoms. The molecular formula is C21H18CrN3O6. The van der Waals surface area contributed by atoms with Gasteiger partial charge in [0.2, 0.25) is 17.7 Å². The number of hydrogen-bond donors (Lipinski definition) is 3. The molecule has 0 aliphatic carbocycles. The molecule has 0 fully saturated rings. The summed E-state index contributed by atoms with van der Waals surface area (Å²) in [7, 11) is 0. The Morgan fingerprint density at radius 1 is 0.452 bits per heavy atom. The topological polar surface area (TPSA) is 156 Å². The van der Waals surface area contributed by atoms with Gasteiger partial charge in [0.15, 0.2) is 0 Å². The van der Waals surface area contributed by atoms with Crippen LogP contribution in [0.15, 0.2) is 91.0 Å². The number of benzene rings is 3. The molecule has 0 aliphatic rings. The first-order valence-corrected chi connectivity index (χ1v) is 8.46. The monoisotopic (exact) mass is 460 g/mol. The van der Waals surface area contributed by atoms with Gasteiger partial charge in [-0.2, -0.15) is 0 Å². The molecule has 1 radical (unpaired) electrons. The molecule has 0 saturated carbocycles. The van der Waals surface area contributed by atoms with Crippen molar-refractivity contribution in [1.29, 1.82) is 0 Å². The van der Waals surface area contributed by atoms with Crippen LogP contribution in [0.3, 0.4) is 0 Å². The third-order valence-electron chi connectivity index (χ3n) is 3.39. The molecule has 0 saturated heterocycles. The minimum Gasteiger partial charge on any atom is -0.759 e. The van der Waals surface area contributed by atoms with E-state index in [1.807, 2.05) is 0 Å². The molecular weight excluding hydrogens is 442 g/mol. The third kappa shape index (κ3) is 10.7. The first kappa shape index (κ1) is 27.5. The summed E-state index contributed by atoms with van der Waals surface area (Å²) in [4.78, 5) is 31.8. The van der Waals surface area contributed by atoms with Crippen LogP contribution >= 0.6 is 0 Å². The molecule has 10 heteroatoms. The van der Waals surface area contributed by atoms with Gasteiger partial charge in [-0.1, -0.05) is 54.6 Å². The van der Waals surface area contributed by atoms with Gasteiger partial charge >= 0.3 is 17.4 Å². The van der Waals surface area contributed by atoms with E-state index in [0.717, 1.165) is 0 Å². The quantitative estimate of drug-likeness (QED) is 0.510. The zero-order valence-electron chi connectivity index (χ0n) is 16.0. The molecule has 3 aromatic carbocycles. The number of hydroxylamine groups is 3. The molecule has 3 amide bonds. The Morgan fingerprint density at radius 2 is 0.645 bits per heavy atom. The predicted octanol–water partition coefficient (Wildman–Crippen LogP) is 2.74. The molecule has 0 bridgehead atoms. The number of rotatable bonds is 3. The van der Waals surface area contributed by atoms with Gasteiger partial charge in [-0.05, 0) is 36.4 Å². The average molecular weight is 460 g/mol. The fourth-order valence-electron chi connectivity index (χ4n) is 1.95. The molecule has 159 valence electrons. The maximum atomic E-state index is 10.6. The average Bonchev–Trinajstić information content (AvgIpc) is 2.85. The zero-order chi connectivity index (χ0) is 22.2. The van der Waals surface area contributed by atoms with Crippen molar-refractivity contribution in [3.8, 4) is 0 Å². The van der Waals surface area contributed by atoms with Crippen molar-refractivity contribution in [2.45, 2.75) is 0 Å². The molecule has 3 rings (SSSR count). The third-order valence-corrected chi connectivity index (χ3v) is 3.39. The van der Waals surface area contributed by atoms with Crippen molar-refractivity contribution < 1.29 is 31.7 Å². The first-order valence-electron chi connectivity index (χ1n) is 8.46. The predicted molar refractivity (Wildman–Crippen MR) is 112 cm³/mol. The van der Waals surface area contributed by atoms with E-state index < -0.39 is 17.7 Å². The van der Waals surface area contributed by atoms with Crippen LogP contribution in [0.25, 0.3) is 0 Å². The van der Waals surface area contributed by atoms with Crippen LogP contribution in [0, 0.1) is 15.6 Å². The summed E-state index contributed by atoms with van der Waals surface area (Å²) in [5.74, 6) is -1.79. The van der Waals surface area contributed by atoms with E-state index >= 15 is 0 Å². The van der Waals surface area contributed by atoms with E-state index in [-0.39, 0.29) is 17.4 Å². The van der Waals surface area contributed by atoms with Crippen LogP contribution < -0.4 is 16.4 Å². The van der Waals surface area contributed by atoms with Crippen molar-refractivity contribution in [1.82, 2.24) is 16.4 Å². The summed E-state index contributed by atoms with van der Waals surface area (Å²) in [6.07, 6.45) is 0. The van der Waals surface area contributed by atoms with Crippen molar-refractivity contribution >= 4 is 17.7 Å². The van der Waals surface area contributed by atoms with E-state index in [2.05, 4.69) is 0 Å². The van der Waals surface area contributed by atoms with E-state index in [0.29, 0.717) is 16.7 Å². The first-order chi connectivity index (χ1) is 14.5. The second kappa shape index (κ2) is 16.3. The normalized spacial score (nSPS) is 8.61. The van der Waals surface area contributed by atoms with E-state index in [1.165, 1.54) is 16.4 Å². The Balaban J connectivity index is 0.000000429. The van der Waals surface area contributed by atoms with Gasteiger partial charge in [-0.15, -0.1) is 0 Å². The summed E-state index contributed by atoms with van der Waals surface area (Å²) in [6.45, 7) is 0. The number of carbonyl (C=O) groups excluding carboxylic acids is 3. The van der Waals surface area contributed by atoms with E-state index in [9.17, 15) is 30.0 Å². The number of amides is 3. The zero-order valence-corrected chi connectivity index (χ0v) is 17.3. The van der Waals surface area contributed by atoms with Crippen LogP contribution in [0.5, 0.6) is 0 Å². The SMILES string of the molecule is O=C(N[O-])c1ccccc1.O=C(N[O-])c1ccccc1.O=C(N[O-])c1ccccc1.[Cr+3]. The van der Waals surface area contributed by atoms with Crippen LogP contribution in [-0.4, -0.2) is 17.7 Å². The maximum Gasteiger partial charge on any atom is 3.00 e. The Kier molecular flexibility index (Phi) is 14.4. The van der Waals surface area contributed by atoms with Crippen molar-refractivity contribution in [3.05, 3.63) is 123 Å². The standard InChI is InChI=1S/3C7H6NO2.Cr/c3*9-7(8-10)6-4-2-1-3-5-6;/h3*1-5H,(H-,8,9,10);/q3*-1;+3. The van der Waals surface area contributed by atoms with Crippen molar-refractivity contribution in [2.75, 3.05) is 0 Å². The van der Waals surface area contributed by atoms with Crippen molar-refractivity contribution in [2.24, 2.45) is 0 Å². The van der Waals surface area contributed by atoms with Crippen LogP contribution in [-0.2, 0) is 17.4 Å². The summed E-state index contributed by atoms with van der Waals surface area (Å²) in [5, 5.41) is 29.5. The molecule has 0 atom stereocenters. The smallest absolute Gasteiger partial charge is 0.759 e. The summed E-state index contributed by atoms with van der Waals surface area (Å²) < 4.78 is 0. The second-order valence-corrected chi connectivity index (χ2v) is 5.39. The molecule has 0 aliphatic heterocycles. The van der Waals surface area contributed by atoms with Gasteiger partial charge in [0.1, 0.15) is 0 Å². The minimum atomic E-state index is -0.597. The number of hydrogen-bond acceptors (Lipinski definition) is 6. The Hall–Kier alpha value is -3.52. The van der Waals surface area contributed by atoms with Crippen molar-refractivity contribution in [3.63, 3.8) is 0 Å². The Bertz CT molecular complexity index is 790. The molecule has 3 N–H and O–H groups in total. The van der Waals surface area contributed by atoms with Crippen LogP contribution in [0.1, 0.15) is 31.1 Å². The molecule has 0 aromatic heterocycles. The van der Waals surface area contributed by atoms with Gasteiger partial charge in [0.05, 0.1) is 0 Å². The largest absolute Gasteiger partial charge is 3.00 e. The van der Waals surface area contributed by atoms with Crippen LogP contribution in [0.2, 0.25) is 0 Å². The summed E-state index contributed by atoms with van der Waals surface area (Å²) in [6, 6.07) is 25.0. The fourth-order valence-corrected chi connectivity index (χ4v) is 1.95. The number of carbonyl (C=O) groups is 3. The maximum absolute atomic E-state index is 10.6. The van der Waals surface area contributed by atoms with Gasteiger partial charge in [0.25, 0.3) is 0 Å². The Labute approximate surface area is 189 Å². The summed E-state index contributed by atoms with van der Waals surface area (Å²) in [5.41, 5.74) is 5.04. The summed E-state index contributed by atoms with van der Waals surface area (Å²) >= 11 is 0. The molecule has 0 unspecified atom stereocenters. The minimum absolute atomic E-state index is 0. The van der Waals surface area contributed by atoms with Gasteiger partial charge in [0, 0.05) is 16.7 Å². The molecule has 9 nitrogen and oxygen atoms in total. The van der Waals surface area contributed by atoms with Gasteiger partial charge in [-0.25, -0.2) is 0 Å². The fraction of sp³-hybridized carbons (Fsp3) is 0. The molecule has 0 heterocycles. The molecule has 0 spiro atoms. The van der Waals surface area contributed by atoms with Gasteiger partial charge in [-0.3, -0.25) is 14.4 Å². The molecule has 3 aromatic rings. The van der Waals surface area contributed by atoms with E-state index in [1.54, 1.807) is 91.0 Å².